The van der Waals surface area contributed by atoms with Crippen LogP contribution in [0.5, 0.6) is 0 Å². The van der Waals surface area contributed by atoms with Crippen molar-refractivity contribution in [2.45, 2.75) is 19.1 Å². The van der Waals surface area contributed by atoms with Crippen LogP contribution < -0.4 is 10.6 Å². The molecule has 0 bridgehead atoms. The van der Waals surface area contributed by atoms with Crippen molar-refractivity contribution in [3.8, 4) is 0 Å². The van der Waals surface area contributed by atoms with E-state index in [9.17, 15) is 9.59 Å². The molecule has 7 heteroatoms. The molecule has 0 unspecified atom stereocenters. The van der Waals surface area contributed by atoms with E-state index in [0.717, 1.165) is 15.9 Å². The third kappa shape index (κ3) is 3.49. The predicted octanol–water partition coefficient (Wildman–Crippen LogP) is 2.94. The second-order valence-corrected chi connectivity index (χ2v) is 6.46. The highest BCUT2D eigenvalue weighted by Gasteiger charge is 2.12. The minimum Gasteiger partial charge on any atom is -0.325 e. The summed E-state index contributed by atoms with van der Waals surface area (Å²) in [4.78, 5) is 27.1. The minimum absolute atomic E-state index is 0.0246. The number of hydrogen-bond donors (Lipinski definition) is 2. The van der Waals surface area contributed by atoms with Gasteiger partial charge in [-0.15, -0.1) is 0 Å². The summed E-state index contributed by atoms with van der Waals surface area (Å²) in [6.45, 7) is 3.31. The Morgan fingerprint density at radius 1 is 1.35 bits per heavy atom. The first-order chi connectivity index (χ1) is 9.49. The van der Waals surface area contributed by atoms with Gasteiger partial charge in [0, 0.05) is 12.6 Å². The van der Waals surface area contributed by atoms with Crippen LogP contribution in [0.1, 0.15) is 13.8 Å². The first kappa shape index (κ1) is 14.8. The number of thiazole rings is 1. The zero-order chi connectivity index (χ0) is 14.7. The van der Waals surface area contributed by atoms with Gasteiger partial charge in [-0.05, 0) is 31.4 Å². The Bertz CT molecular complexity index is 654. The number of rotatable bonds is 4. The van der Waals surface area contributed by atoms with Crippen molar-refractivity contribution in [1.29, 1.82) is 0 Å². The Balaban J connectivity index is 2.20. The van der Waals surface area contributed by atoms with Crippen LogP contribution in [0, 0.1) is 0 Å². The summed E-state index contributed by atoms with van der Waals surface area (Å²) in [5.41, 5.74) is 1.54. The van der Waals surface area contributed by atoms with Crippen molar-refractivity contribution in [3.05, 3.63) is 18.2 Å². The van der Waals surface area contributed by atoms with Crippen molar-refractivity contribution in [2.75, 3.05) is 16.9 Å². The second-order valence-electron chi connectivity index (χ2n) is 4.25. The van der Waals surface area contributed by atoms with Gasteiger partial charge in [-0.1, -0.05) is 11.3 Å². The summed E-state index contributed by atoms with van der Waals surface area (Å²) in [5.74, 6) is -0.171. The van der Waals surface area contributed by atoms with Crippen LogP contribution in [-0.4, -0.2) is 28.3 Å². The average Bonchev–Trinajstić information content (AvgIpc) is 2.78. The summed E-state index contributed by atoms with van der Waals surface area (Å²) in [5, 5.41) is 5.99. The molecule has 20 heavy (non-hydrogen) atoms. The van der Waals surface area contributed by atoms with Crippen LogP contribution in [0.15, 0.2) is 18.2 Å². The van der Waals surface area contributed by atoms with Crippen LogP contribution in [0.4, 0.5) is 10.8 Å². The monoisotopic (exact) mass is 309 g/mol. The molecule has 0 aliphatic heterocycles. The number of aromatic nitrogens is 1. The van der Waals surface area contributed by atoms with Crippen LogP contribution >= 0.6 is 23.1 Å². The Morgan fingerprint density at radius 2 is 2.10 bits per heavy atom. The molecule has 5 nitrogen and oxygen atoms in total. The molecule has 2 amide bonds. The van der Waals surface area contributed by atoms with Gasteiger partial charge >= 0.3 is 0 Å². The van der Waals surface area contributed by atoms with Gasteiger partial charge in [-0.25, -0.2) is 4.98 Å². The fourth-order valence-corrected chi connectivity index (χ4v) is 2.78. The van der Waals surface area contributed by atoms with Gasteiger partial charge < -0.3 is 10.6 Å². The first-order valence-electron chi connectivity index (χ1n) is 6.01. The standard InChI is InChI=1S/C13H15N3O2S2/c1-7(19-3)12(18)15-9-4-5-10-11(6-9)20-13(16-10)14-8(2)17/h4-7H,1-3H3,(H,15,18)(H,14,16,17)/t7-/m1/s1. The van der Waals surface area contributed by atoms with Crippen LogP contribution in [-0.2, 0) is 9.59 Å². The SMILES string of the molecule is CS[C@H](C)C(=O)Nc1ccc2nc(NC(C)=O)sc2c1. The largest absolute Gasteiger partial charge is 0.325 e. The molecule has 0 spiro atoms. The highest BCUT2D eigenvalue weighted by Crippen LogP contribution is 2.28. The second kappa shape index (κ2) is 6.23. The Kier molecular flexibility index (Phi) is 4.61. The lowest BCUT2D eigenvalue weighted by molar-refractivity contribution is -0.115. The molecule has 106 valence electrons. The smallest absolute Gasteiger partial charge is 0.237 e. The fraction of sp³-hybridized carbons (Fsp3) is 0.308. The molecule has 1 aromatic heterocycles. The van der Waals surface area contributed by atoms with E-state index in [1.54, 1.807) is 0 Å². The normalized spacial score (nSPS) is 12.2. The summed E-state index contributed by atoms with van der Waals surface area (Å²) >= 11 is 2.88. The lowest BCUT2D eigenvalue weighted by Crippen LogP contribution is -2.21. The number of carbonyl (C=O) groups excluding carboxylic acids is 2. The molecular weight excluding hydrogens is 294 g/mol. The van der Waals surface area contributed by atoms with Gasteiger partial charge in [0.1, 0.15) is 0 Å². The maximum Gasteiger partial charge on any atom is 0.237 e. The lowest BCUT2D eigenvalue weighted by Gasteiger charge is -2.09. The molecule has 0 saturated heterocycles. The zero-order valence-corrected chi connectivity index (χ0v) is 13.0. The molecule has 1 atom stereocenters. The van der Waals surface area contributed by atoms with Crippen molar-refractivity contribution >= 4 is 55.9 Å². The molecule has 2 aromatic rings. The number of nitrogens with zero attached hydrogens (tertiary/aromatic N) is 1. The Labute approximate surface area is 125 Å². The van der Waals surface area contributed by atoms with E-state index in [1.165, 1.54) is 30.0 Å². The van der Waals surface area contributed by atoms with E-state index >= 15 is 0 Å². The zero-order valence-electron chi connectivity index (χ0n) is 11.4. The number of benzene rings is 1. The van der Waals surface area contributed by atoms with Crippen molar-refractivity contribution < 1.29 is 9.59 Å². The summed E-state index contributed by atoms with van der Waals surface area (Å²) < 4.78 is 0.920. The van der Waals surface area contributed by atoms with E-state index in [2.05, 4.69) is 15.6 Å². The van der Waals surface area contributed by atoms with Gasteiger partial charge in [-0.3, -0.25) is 9.59 Å². The third-order valence-corrected chi connectivity index (χ3v) is 4.52. The summed E-state index contributed by atoms with van der Waals surface area (Å²) in [6.07, 6.45) is 1.90. The van der Waals surface area contributed by atoms with E-state index < -0.39 is 0 Å². The average molecular weight is 309 g/mol. The molecule has 1 heterocycles. The maximum absolute atomic E-state index is 11.8. The van der Waals surface area contributed by atoms with Crippen molar-refractivity contribution in [3.63, 3.8) is 0 Å². The quantitative estimate of drug-likeness (QED) is 0.911. The Hall–Kier alpha value is -1.60. The van der Waals surface area contributed by atoms with Gasteiger partial charge in [0.2, 0.25) is 11.8 Å². The first-order valence-corrected chi connectivity index (χ1v) is 8.12. The number of hydrogen-bond acceptors (Lipinski definition) is 5. The van der Waals surface area contributed by atoms with Gasteiger partial charge in [0.25, 0.3) is 0 Å². The van der Waals surface area contributed by atoms with E-state index in [-0.39, 0.29) is 17.1 Å². The fourth-order valence-electron chi connectivity index (χ4n) is 1.56. The highest BCUT2D eigenvalue weighted by molar-refractivity contribution is 7.99. The van der Waals surface area contributed by atoms with Gasteiger partial charge in [0.15, 0.2) is 5.13 Å². The predicted molar refractivity (Wildman–Crippen MR) is 85.5 cm³/mol. The van der Waals surface area contributed by atoms with E-state index in [4.69, 9.17) is 0 Å². The summed E-state index contributed by atoms with van der Waals surface area (Å²) in [7, 11) is 0. The number of nitrogens with one attached hydrogen (secondary N) is 2. The van der Waals surface area contributed by atoms with Gasteiger partial charge in [-0.2, -0.15) is 11.8 Å². The van der Waals surface area contributed by atoms with Crippen LogP contribution in [0.2, 0.25) is 0 Å². The number of carbonyl (C=O) groups is 2. The molecule has 0 aliphatic rings. The Morgan fingerprint density at radius 3 is 2.75 bits per heavy atom. The van der Waals surface area contributed by atoms with E-state index in [0.29, 0.717) is 5.13 Å². The van der Waals surface area contributed by atoms with Crippen LogP contribution in [0.25, 0.3) is 10.2 Å². The molecule has 1 aromatic carbocycles. The molecule has 0 fully saturated rings. The van der Waals surface area contributed by atoms with Crippen molar-refractivity contribution in [2.24, 2.45) is 0 Å². The third-order valence-electron chi connectivity index (χ3n) is 2.66. The molecule has 2 N–H and O–H groups in total. The number of amides is 2. The lowest BCUT2D eigenvalue weighted by atomic mass is 10.3. The topological polar surface area (TPSA) is 71.1 Å². The number of thioether (sulfide) groups is 1. The number of anilines is 2. The highest BCUT2D eigenvalue weighted by atomic mass is 32.2. The van der Waals surface area contributed by atoms with Crippen molar-refractivity contribution in [1.82, 2.24) is 4.98 Å². The maximum atomic E-state index is 11.8. The molecule has 2 rings (SSSR count). The van der Waals surface area contributed by atoms with Gasteiger partial charge in [0.05, 0.1) is 15.5 Å². The minimum atomic E-state index is -0.147. The van der Waals surface area contributed by atoms with E-state index in [1.807, 2.05) is 31.4 Å². The molecule has 0 radical (unpaired) electrons. The number of fused-ring (bicyclic) bond motifs is 1. The summed E-state index contributed by atoms with van der Waals surface area (Å²) in [6, 6.07) is 5.50. The molecular formula is C13H15N3O2S2. The molecule has 0 aliphatic carbocycles. The molecule has 0 saturated carbocycles. The van der Waals surface area contributed by atoms with Crippen LogP contribution in [0.3, 0.4) is 0 Å².